The minimum absolute atomic E-state index is 0. The molecule has 7 heteroatoms. The number of hydrogen-bond acceptors (Lipinski definition) is 4. The molecule has 21 heavy (non-hydrogen) atoms. The van der Waals surface area contributed by atoms with Crippen LogP contribution in [-0.2, 0) is 10.0 Å². The van der Waals surface area contributed by atoms with E-state index < -0.39 is 10.0 Å². The molecule has 120 valence electrons. The number of aryl methyl sites for hydroxylation is 2. The number of sulfonamides is 1. The first-order valence-electron chi connectivity index (χ1n) is 6.77. The number of hydrogen-bond donors (Lipinski definition) is 1. The van der Waals surface area contributed by atoms with Crippen LogP contribution in [0.15, 0.2) is 17.0 Å². The predicted molar refractivity (Wildman–Crippen MR) is 85.7 cm³/mol. The minimum atomic E-state index is -3.47. The van der Waals surface area contributed by atoms with Gasteiger partial charge < -0.3 is 10.5 Å². The summed E-state index contributed by atoms with van der Waals surface area (Å²) in [6.07, 6.45) is 1.70. The number of benzene rings is 1. The second-order valence-electron chi connectivity index (χ2n) is 5.36. The molecule has 0 radical (unpaired) electrons. The molecule has 2 N–H and O–H groups in total. The number of halogens is 1. The molecule has 1 fully saturated rings. The van der Waals surface area contributed by atoms with E-state index in [9.17, 15) is 8.42 Å². The topological polar surface area (TPSA) is 72.6 Å². The largest absolute Gasteiger partial charge is 0.496 e. The monoisotopic (exact) mass is 334 g/mol. The van der Waals surface area contributed by atoms with Crippen LogP contribution in [0.5, 0.6) is 5.75 Å². The summed E-state index contributed by atoms with van der Waals surface area (Å²) < 4.78 is 32.1. The fraction of sp³-hybridized carbons (Fsp3) is 0.571. The Labute approximate surface area is 132 Å². The Bertz CT molecular complexity index is 581. The maximum absolute atomic E-state index is 12.7. The van der Waals surface area contributed by atoms with Crippen molar-refractivity contribution in [1.29, 1.82) is 0 Å². The Morgan fingerprint density at radius 2 is 1.86 bits per heavy atom. The fourth-order valence-electron chi connectivity index (χ4n) is 2.72. The molecule has 5 nitrogen and oxygen atoms in total. The average Bonchev–Trinajstić information content (AvgIpc) is 2.38. The Balaban J connectivity index is 0.00000220. The predicted octanol–water partition coefficient (Wildman–Crippen LogP) is 1.85. The molecule has 1 aromatic rings. The molecule has 1 aromatic carbocycles. The molecule has 0 aliphatic carbocycles. The molecule has 1 atom stereocenters. The summed E-state index contributed by atoms with van der Waals surface area (Å²) in [5.74, 6) is 0.735. The van der Waals surface area contributed by atoms with Gasteiger partial charge in [0.1, 0.15) is 5.75 Å². The molecular formula is C14H23ClN2O3S. The Kier molecular flexibility index (Phi) is 6.04. The highest BCUT2D eigenvalue weighted by Crippen LogP contribution is 2.28. The molecule has 0 amide bonds. The summed E-state index contributed by atoms with van der Waals surface area (Å²) in [6.45, 7) is 4.65. The van der Waals surface area contributed by atoms with E-state index in [-0.39, 0.29) is 18.4 Å². The number of nitrogens with two attached hydrogens (primary N) is 1. The van der Waals surface area contributed by atoms with Crippen molar-refractivity contribution < 1.29 is 13.2 Å². The van der Waals surface area contributed by atoms with E-state index in [1.807, 2.05) is 13.8 Å². The zero-order chi connectivity index (χ0) is 14.9. The molecule has 1 aliphatic heterocycles. The number of methoxy groups -OCH3 is 1. The van der Waals surface area contributed by atoms with Crippen molar-refractivity contribution >= 4 is 22.4 Å². The van der Waals surface area contributed by atoms with Crippen LogP contribution in [-0.4, -0.2) is 39.0 Å². The van der Waals surface area contributed by atoms with Crippen LogP contribution in [0.25, 0.3) is 0 Å². The van der Waals surface area contributed by atoms with Gasteiger partial charge in [0.2, 0.25) is 10.0 Å². The normalized spacial score (nSPS) is 19.9. The quantitative estimate of drug-likeness (QED) is 0.915. The van der Waals surface area contributed by atoms with Crippen molar-refractivity contribution in [2.24, 2.45) is 5.73 Å². The van der Waals surface area contributed by atoms with E-state index in [1.54, 1.807) is 19.2 Å². The summed E-state index contributed by atoms with van der Waals surface area (Å²) in [5.41, 5.74) is 7.53. The highest BCUT2D eigenvalue weighted by Gasteiger charge is 2.29. The molecule has 1 saturated heterocycles. The van der Waals surface area contributed by atoms with Crippen LogP contribution in [0.3, 0.4) is 0 Å². The zero-order valence-electron chi connectivity index (χ0n) is 12.6. The van der Waals surface area contributed by atoms with Crippen molar-refractivity contribution in [3.63, 3.8) is 0 Å². The van der Waals surface area contributed by atoms with Crippen molar-refractivity contribution in [2.45, 2.75) is 37.6 Å². The van der Waals surface area contributed by atoms with Gasteiger partial charge in [0.05, 0.1) is 12.0 Å². The maximum Gasteiger partial charge on any atom is 0.243 e. The van der Waals surface area contributed by atoms with E-state index >= 15 is 0 Å². The molecule has 2 rings (SSSR count). The minimum Gasteiger partial charge on any atom is -0.496 e. The van der Waals surface area contributed by atoms with Crippen molar-refractivity contribution in [3.8, 4) is 5.75 Å². The number of nitrogens with zero attached hydrogens (tertiary/aromatic N) is 1. The van der Waals surface area contributed by atoms with Crippen LogP contribution < -0.4 is 10.5 Å². The molecule has 1 unspecified atom stereocenters. The lowest BCUT2D eigenvalue weighted by molar-refractivity contribution is 0.316. The van der Waals surface area contributed by atoms with Gasteiger partial charge in [-0.1, -0.05) is 0 Å². The van der Waals surface area contributed by atoms with E-state index in [4.69, 9.17) is 10.5 Å². The van der Waals surface area contributed by atoms with E-state index in [0.717, 1.165) is 29.7 Å². The Morgan fingerprint density at radius 1 is 1.29 bits per heavy atom. The first-order chi connectivity index (χ1) is 9.36. The zero-order valence-corrected chi connectivity index (χ0v) is 14.3. The van der Waals surface area contributed by atoms with Gasteiger partial charge in [-0.05, 0) is 49.9 Å². The number of piperidine rings is 1. The fourth-order valence-corrected chi connectivity index (χ4v) is 4.43. The van der Waals surface area contributed by atoms with Gasteiger partial charge in [-0.25, -0.2) is 8.42 Å². The van der Waals surface area contributed by atoms with Crippen molar-refractivity contribution in [1.82, 2.24) is 4.31 Å². The lowest BCUT2D eigenvalue weighted by Gasteiger charge is -2.30. The highest BCUT2D eigenvalue weighted by molar-refractivity contribution is 7.89. The standard InChI is InChI=1S/C14H22N2O3S.ClH/c1-10-7-13(8-11(2)14(10)19-3)20(17,18)16-6-4-5-12(15)9-16;/h7-8,12H,4-6,9,15H2,1-3H3;1H. The summed E-state index contributed by atoms with van der Waals surface area (Å²) in [6, 6.07) is 3.27. The van der Waals surface area contributed by atoms with Gasteiger partial charge in [-0.3, -0.25) is 0 Å². The lowest BCUT2D eigenvalue weighted by Crippen LogP contribution is -2.45. The SMILES string of the molecule is COc1c(C)cc(S(=O)(=O)N2CCCC(N)C2)cc1C.Cl. The molecular weight excluding hydrogens is 312 g/mol. The maximum atomic E-state index is 12.7. The van der Waals surface area contributed by atoms with E-state index in [2.05, 4.69) is 0 Å². The summed E-state index contributed by atoms with van der Waals surface area (Å²) in [5, 5.41) is 0. The number of rotatable bonds is 3. The van der Waals surface area contributed by atoms with Crippen molar-refractivity contribution in [2.75, 3.05) is 20.2 Å². The molecule has 0 aromatic heterocycles. The molecule has 0 saturated carbocycles. The van der Waals surface area contributed by atoms with Gasteiger partial charge >= 0.3 is 0 Å². The smallest absolute Gasteiger partial charge is 0.243 e. The van der Waals surface area contributed by atoms with Gasteiger partial charge in [0.25, 0.3) is 0 Å². The Morgan fingerprint density at radius 3 is 2.33 bits per heavy atom. The molecule has 0 bridgehead atoms. The highest BCUT2D eigenvalue weighted by atomic mass is 35.5. The second kappa shape index (κ2) is 6.96. The third kappa shape index (κ3) is 3.69. The molecule has 1 heterocycles. The summed E-state index contributed by atoms with van der Waals surface area (Å²) in [7, 11) is -1.88. The molecule has 1 aliphatic rings. The second-order valence-corrected chi connectivity index (χ2v) is 7.29. The van der Waals surface area contributed by atoms with Gasteiger partial charge in [-0.2, -0.15) is 4.31 Å². The number of ether oxygens (including phenoxy) is 1. The van der Waals surface area contributed by atoms with Crippen LogP contribution in [0.4, 0.5) is 0 Å². The first kappa shape index (κ1) is 18.2. The van der Waals surface area contributed by atoms with Crippen LogP contribution in [0.2, 0.25) is 0 Å². The van der Waals surface area contributed by atoms with Crippen molar-refractivity contribution in [3.05, 3.63) is 23.3 Å². The van der Waals surface area contributed by atoms with Gasteiger partial charge in [0.15, 0.2) is 0 Å². The summed E-state index contributed by atoms with van der Waals surface area (Å²) >= 11 is 0. The van der Waals surface area contributed by atoms with Crippen LogP contribution in [0, 0.1) is 13.8 Å². The first-order valence-corrected chi connectivity index (χ1v) is 8.21. The van der Waals surface area contributed by atoms with Crippen LogP contribution >= 0.6 is 12.4 Å². The summed E-state index contributed by atoms with van der Waals surface area (Å²) in [4.78, 5) is 0.322. The Hall–Kier alpha value is -0.820. The molecule has 0 spiro atoms. The van der Waals surface area contributed by atoms with E-state index in [1.165, 1.54) is 4.31 Å². The third-order valence-corrected chi connectivity index (χ3v) is 5.54. The lowest BCUT2D eigenvalue weighted by atomic mass is 10.1. The average molecular weight is 335 g/mol. The van der Waals surface area contributed by atoms with Gasteiger partial charge in [-0.15, -0.1) is 12.4 Å². The third-order valence-electron chi connectivity index (χ3n) is 3.70. The van der Waals surface area contributed by atoms with Crippen LogP contribution in [0.1, 0.15) is 24.0 Å². The van der Waals surface area contributed by atoms with Gasteiger partial charge in [0, 0.05) is 19.1 Å². The van der Waals surface area contributed by atoms with E-state index in [0.29, 0.717) is 18.0 Å².